The van der Waals surface area contributed by atoms with Crippen LogP contribution in [0.5, 0.6) is 5.75 Å². The first-order valence-electron chi connectivity index (χ1n) is 7.64. The van der Waals surface area contributed by atoms with Crippen molar-refractivity contribution in [1.29, 1.82) is 0 Å². The predicted octanol–water partition coefficient (Wildman–Crippen LogP) is 2.93. The highest BCUT2D eigenvalue weighted by atomic mass is 35.5. The Morgan fingerprint density at radius 2 is 2.04 bits per heavy atom. The molecular weight excluding hydrogens is 318 g/mol. The summed E-state index contributed by atoms with van der Waals surface area (Å²) in [6.45, 7) is 5.97. The Labute approximate surface area is 141 Å². The van der Waals surface area contributed by atoms with E-state index in [4.69, 9.17) is 21.1 Å². The highest BCUT2D eigenvalue weighted by molar-refractivity contribution is 6.29. The molecule has 0 unspecified atom stereocenters. The smallest absolute Gasteiger partial charge is 0.344 e. The van der Waals surface area contributed by atoms with Gasteiger partial charge in [-0.2, -0.15) is 0 Å². The van der Waals surface area contributed by atoms with Crippen LogP contribution in [-0.2, 0) is 20.7 Å². The Morgan fingerprint density at radius 3 is 2.70 bits per heavy atom. The Morgan fingerprint density at radius 1 is 1.30 bits per heavy atom. The number of esters is 1. The number of rotatable bonds is 4. The van der Waals surface area contributed by atoms with Gasteiger partial charge < -0.3 is 14.4 Å². The summed E-state index contributed by atoms with van der Waals surface area (Å²) >= 11 is 5.65. The molecule has 5 nitrogen and oxygen atoms in total. The molecule has 0 radical (unpaired) electrons. The van der Waals surface area contributed by atoms with E-state index in [9.17, 15) is 9.59 Å². The molecule has 0 aliphatic carbocycles. The van der Waals surface area contributed by atoms with Gasteiger partial charge >= 0.3 is 5.97 Å². The number of anilines is 1. The molecule has 0 saturated carbocycles. The summed E-state index contributed by atoms with van der Waals surface area (Å²) in [7, 11) is 0. The van der Waals surface area contributed by atoms with Crippen molar-refractivity contribution in [2.75, 3.05) is 23.9 Å². The Hall–Kier alpha value is -1.75. The molecule has 0 bridgehead atoms. The lowest BCUT2D eigenvalue weighted by Crippen LogP contribution is -2.36. The van der Waals surface area contributed by atoms with Crippen LogP contribution in [-0.4, -0.2) is 36.5 Å². The van der Waals surface area contributed by atoms with E-state index < -0.39 is 11.6 Å². The molecule has 2 rings (SSSR count). The average Bonchev–Trinajstić information content (AvgIpc) is 2.49. The highest BCUT2D eigenvalue weighted by Crippen LogP contribution is 2.30. The minimum Gasteiger partial charge on any atom is -0.482 e. The first kappa shape index (κ1) is 17.6. The topological polar surface area (TPSA) is 55.8 Å². The van der Waals surface area contributed by atoms with Crippen LogP contribution >= 0.6 is 11.6 Å². The van der Waals surface area contributed by atoms with E-state index in [1.54, 1.807) is 11.0 Å². The molecule has 0 atom stereocenters. The molecule has 1 aliphatic heterocycles. The lowest BCUT2D eigenvalue weighted by molar-refractivity contribution is -0.157. The van der Waals surface area contributed by atoms with Crippen molar-refractivity contribution in [3.8, 4) is 5.75 Å². The van der Waals surface area contributed by atoms with E-state index in [0.717, 1.165) is 24.1 Å². The van der Waals surface area contributed by atoms with Crippen LogP contribution in [0, 0.1) is 0 Å². The van der Waals surface area contributed by atoms with Gasteiger partial charge in [0, 0.05) is 12.2 Å². The van der Waals surface area contributed by atoms with Crippen molar-refractivity contribution < 1.29 is 19.1 Å². The van der Waals surface area contributed by atoms with Gasteiger partial charge in [0.1, 0.15) is 17.2 Å². The standard InChI is InChI=1S/C17H22ClNO4/c1-17(2,3)23-16(21)11-22-13-6-7-14-12(9-13)5-4-8-19(14)15(20)10-18/h6-7,9H,4-5,8,10-11H2,1-3H3. The zero-order chi connectivity index (χ0) is 17.0. The number of benzene rings is 1. The van der Waals surface area contributed by atoms with Crippen molar-refractivity contribution in [3.05, 3.63) is 23.8 Å². The second-order valence-corrected chi connectivity index (χ2v) is 6.72. The van der Waals surface area contributed by atoms with Crippen molar-refractivity contribution >= 4 is 29.2 Å². The van der Waals surface area contributed by atoms with Crippen molar-refractivity contribution in [3.63, 3.8) is 0 Å². The van der Waals surface area contributed by atoms with Crippen molar-refractivity contribution in [2.45, 2.75) is 39.2 Å². The minimum absolute atomic E-state index is 0.0314. The fourth-order valence-corrected chi connectivity index (χ4v) is 2.65. The van der Waals surface area contributed by atoms with Crippen LogP contribution < -0.4 is 9.64 Å². The van der Waals surface area contributed by atoms with Crippen LogP contribution in [0.1, 0.15) is 32.8 Å². The molecule has 0 aromatic heterocycles. The van der Waals surface area contributed by atoms with Crippen molar-refractivity contribution in [2.24, 2.45) is 0 Å². The Balaban J connectivity index is 2.04. The SMILES string of the molecule is CC(C)(C)OC(=O)COc1ccc2c(c1)CCCN2C(=O)CCl. The number of aryl methyl sites for hydroxylation is 1. The van der Waals surface area contributed by atoms with E-state index in [0.29, 0.717) is 12.3 Å². The summed E-state index contributed by atoms with van der Waals surface area (Å²) < 4.78 is 10.7. The summed E-state index contributed by atoms with van der Waals surface area (Å²) in [5.74, 6) is 0.0510. The summed E-state index contributed by atoms with van der Waals surface area (Å²) in [6, 6.07) is 5.46. The number of carbonyl (C=O) groups excluding carboxylic acids is 2. The van der Waals surface area contributed by atoms with Crippen LogP contribution in [0.15, 0.2) is 18.2 Å². The number of hydrogen-bond acceptors (Lipinski definition) is 4. The monoisotopic (exact) mass is 339 g/mol. The Kier molecular flexibility index (Phi) is 5.52. The second-order valence-electron chi connectivity index (χ2n) is 6.45. The van der Waals surface area contributed by atoms with Gasteiger partial charge in [0.2, 0.25) is 5.91 Å². The number of hydrogen-bond donors (Lipinski definition) is 0. The summed E-state index contributed by atoms with van der Waals surface area (Å²) in [5, 5.41) is 0. The molecule has 0 saturated heterocycles. The molecule has 0 N–H and O–H groups in total. The van der Waals surface area contributed by atoms with E-state index in [1.165, 1.54) is 0 Å². The van der Waals surface area contributed by atoms with Gasteiger partial charge in [0.05, 0.1) is 0 Å². The van der Waals surface area contributed by atoms with Gasteiger partial charge in [-0.25, -0.2) is 4.79 Å². The summed E-state index contributed by atoms with van der Waals surface area (Å²) in [4.78, 5) is 25.2. The largest absolute Gasteiger partial charge is 0.482 e. The van der Waals surface area contributed by atoms with Gasteiger partial charge in [0.25, 0.3) is 0 Å². The van der Waals surface area contributed by atoms with Crippen LogP contribution in [0.2, 0.25) is 0 Å². The molecule has 0 spiro atoms. The number of alkyl halides is 1. The fourth-order valence-electron chi connectivity index (χ4n) is 2.51. The van der Waals surface area contributed by atoms with Crippen molar-refractivity contribution in [1.82, 2.24) is 0 Å². The maximum absolute atomic E-state index is 11.9. The zero-order valence-corrected chi connectivity index (χ0v) is 14.5. The van der Waals surface area contributed by atoms with Gasteiger partial charge in [-0.3, -0.25) is 4.79 Å². The highest BCUT2D eigenvalue weighted by Gasteiger charge is 2.22. The fraction of sp³-hybridized carbons (Fsp3) is 0.529. The van der Waals surface area contributed by atoms with E-state index >= 15 is 0 Å². The second kappa shape index (κ2) is 7.21. The Bertz CT molecular complexity index is 595. The molecule has 126 valence electrons. The first-order valence-corrected chi connectivity index (χ1v) is 8.17. The molecule has 1 aromatic carbocycles. The normalized spacial score (nSPS) is 14.2. The maximum Gasteiger partial charge on any atom is 0.344 e. The van der Waals surface area contributed by atoms with Gasteiger partial charge in [-0.05, 0) is 57.4 Å². The molecular formula is C17H22ClNO4. The predicted molar refractivity (Wildman–Crippen MR) is 89.2 cm³/mol. The van der Waals surface area contributed by atoms with Gasteiger partial charge in [-0.15, -0.1) is 11.6 Å². The van der Waals surface area contributed by atoms with E-state index in [2.05, 4.69) is 0 Å². The number of halogens is 1. The molecule has 0 fully saturated rings. The quantitative estimate of drug-likeness (QED) is 0.625. The number of amides is 1. The third-order valence-corrected chi connectivity index (χ3v) is 3.59. The van der Waals surface area contributed by atoms with Crippen LogP contribution in [0.4, 0.5) is 5.69 Å². The third kappa shape index (κ3) is 4.86. The third-order valence-electron chi connectivity index (χ3n) is 3.36. The van der Waals surface area contributed by atoms with E-state index in [-0.39, 0.29) is 18.4 Å². The van der Waals surface area contributed by atoms with E-state index in [1.807, 2.05) is 32.9 Å². The maximum atomic E-state index is 11.9. The molecule has 6 heteroatoms. The molecule has 1 amide bonds. The molecule has 23 heavy (non-hydrogen) atoms. The minimum atomic E-state index is -0.529. The molecule has 1 aromatic rings. The summed E-state index contributed by atoms with van der Waals surface area (Å²) in [5.41, 5.74) is 1.36. The molecule has 1 heterocycles. The average molecular weight is 340 g/mol. The summed E-state index contributed by atoms with van der Waals surface area (Å²) in [6.07, 6.45) is 1.75. The lowest BCUT2D eigenvalue weighted by Gasteiger charge is -2.29. The van der Waals surface area contributed by atoms with Crippen LogP contribution in [0.25, 0.3) is 0 Å². The molecule has 1 aliphatic rings. The number of fused-ring (bicyclic) bond motifs is 1. The number of ether oxygens (including phenoxy) is 2. The van der Waals surface area contributed by atoms with Gasteiger partial charge in [-0.1, -0.05) is 0 Å². The van der Waals surface area contributed by atoms with Gasteiger partial charge in [0.15, 0.2) is 6.61 Å². The first-order chi connectivity index (χ1) is 10.8. The number of carbonyl (C=O) groups is 2. The lowest BCUT2D eigenvalue weighted by atomic mass is 10.0. The zero-order valence-electron chi connectivity index (χ0n) is 13.7. The number of nitrogens with zero attached hydrogens (tertiary/aromatic N) is 1. The van der Waals surface area contributed by atoms with Crippen LogP contribution in [0.3, 0.4) is 0 Å².